The molecule has 2 heteroatoms. The molecule has 0 saturated heterocycles. The summed E-state index contributed by atoms with van der Waals surface area (Å²) < 4.78 is 2.28. The van der Waals surface area contributed by atoms with E-state index < -0.39 is 0 Å². The fraction of sp³-hybridized carbons (Fsp3) is 0.188. The second-order valence-electron chi connectivity index (χ2n) is 4.66. The Labute approximate surface area is 107 Å². The number of imidazole rings is 1. The molecule has 0 fully saturated rings. The molecule has 3 rings (SSSR count). The summed E-state index contributed by atoms with van der Waals surface area (Å²) in [6, 6.07) is 16.8. The third-order valence-corrected chi connectivity index (χ3v) is 3.44. The van der Waals surface area contributed by atoms with Crippen molar-refractivity contribution in [3.63, 3.8) is 0 Å². The molecule has 1 heterocycles. The number of hydrogen-bond donors (Lipinski definition) is 0. The van der Waals surface area contributed by atoms with E-state index in [0.717, 1.165) is 17.9 Å². The predicted molar refractivity (Wildman–Crippen MR) is 74.8 cm³/mol. The maximum atomic E-state index is 4.60. The molecule has 0 N–H and O–H groups in total. The first kappa shape index (κ1) is 11.0. The average molecular weight is 236 g/mol. The highest BCUT2D eigenvalue weighted by atomic mass is 15.1. The minimum Gasteiger partial charge on any atom is -0.324 e. The minimum atomic E-state index is 0.888. The SMILES string of the molecule is Cc1ccccc1Cn1c(C)nc2ccccc21. The van der Waals surface area contributed by atoms with Crippen molar-refractivity contribution in [2.75, 3.05) is 0 Å². The molecule has 0 amide bonds. The Kier molecular flexibility index (Phi) is 2.63. The molecule has 0 aliphatic heterocycles. The summed E-state index contributed by atoms with van der Waals surface area (Å²) in [7, 11) is 0. The summed E-state index contributed by atoms with van der Waals surface area (Å²) >= 11 is 0. The number of benzene rings is 2. The predicted octanol–water partition coefficient (Wildman–Crippen LogP) is 3.70. The van der Waals surface area contributed by atoms with Crippen LogP contribution < -0.4 is 0 Å². The van der Waals surface area contributed by atoms with E-state index in [1.807, 2.05) is 6.07 Å². The van der Waals surface area contributed by atoms with Gasteiger partial charge in [-0.1, -0.05) is 36.4 Å². The molecule has 0 unspecified atom stereocenters. The fourth-order valence-corrected chi connectivity index (χ4v) is 2.35. The molecule has 3 aromatic rings. The Morgan fingerprint density at radius 1 is 0.944 bits per heavy atom. The maximum absolute atomic E-state index is 4.60. The Balaban J connectivity index is 2.10. The minimum absolute atomic E-state index is 0.888. The highest BCUT2D eigenvalue weighted by Gasteiger charge is 2.07. The molecule has 0 aliphatic carbocycles. The molecule has 0 bridgehead atoms. The number of rotatable bonds is 2. The van der Waals surface area contributed by atoms with Crippen molar-refractivity contribution in [1.82, 2.24) is 9.55 Å². The van der Waals surface area contributed by atoms with E-state index in [9.17, 15) is 0 Å². The van der Waals surface area contributed by atoms with Gasteiger partial charge in [-0.3, -0.25) is 0 Å². The molecule has 2 aromatic carbocycles. The Morgan fingerprint density at radius 3 is 2.50 bits per heavy atom. The summed E-state index contributed by atoms with van der Waals surface area (Å²) in [5.74, 6) is 1.07. The third kappa shape index (κ3) is 1.80. The van der Waals surface area contributed by atoms with E-state index in [4.69, 9.17) is 0 Å². The number of aromatic nitrogens is 2. The van der Waals surface area contributed by atoms with Crippen LogP contribution in [-0.4, -0.2) is 9.55 Å². The largest absolute Gasteiger partial charge is 0.324 e. The lowest BCUT2D eigenvalue weighted by Crippen LogP contribution is -2.03. The summed E-state index contributed by atoms with van der Waals surface area (Å²) in [5.41, 5.74) is 4.96. The maximum Gasteiger partial charge on any atom is 0.107 e. The van der Waals surface area contributed by atoms with Crippen LogP contribution >= 0.6 is 0 Å². The van der Waals surface area contributed by atoms with Crippen LogP contribution in [0.5, 0.6) is 0 Å². The van der Waals surface area contributed by atoms with E-state index in [2.05, 4.69) is 65.9 Å². The molecule has 0 aliphatic rings. The number of hydrogen-bond acceptors (Lipinski definition) is 1. The van der Waals surface area contributed by atoms with Gasteiger partial charge in [-0.2, -0.15) is 0 Å². The molecule has 18 heavy (non-hydrogen) atoms. The number of fused-ring (bicyclic) bond motifs is 1. The monoisotopic (exact) mass is 236 g/mol. The zero-order valence-corrected chi connectivity index (χ0v) is 10.7. The van der Waals surface area contributed by atoms with Gasteiger partial charge in [0.1, 0.15) is 5.82 Å². The van der Waals surface area contributed by atoms with Crippen molar-refractivity contribution in [3.05, 3.63) is 65.5 Å². The third-order valence-electron chi connectivity index (χ3n) is 3.44. The smallest absolute Gasteiger partial charge is 0.107 e. The second kappa shape index (κ2) is 4.30. The van der Waals surface area contributed by atoms with Gasteiger partial charge in [-0.25, -0.2) is 4.98 Å². The van der Waals surface area contributed by atoms with Crippen LogP contribution in [0.1, 0.15) is 17.0 Å². The quantitative estimate of drug-likeness (QED) is 0.663. The van der Waals surface area contributed by atoms with Crippen molar-refractivity contribution >= 4 is 11.0 Å². The van der Waals surface area contributed by atoms with Crippen LogP contribution in [0.3, 0.4) is 0 Å². The van der Waals surface area contributed by atoms with Crippen molar-refractivity contribution in [2.24, 2.45) is 0 Å². The van der Waals surface area contributed by atoms with Gasteiger partial charge >= 0.3 is 0 Å². The average Bonchev–Trinajstić information content (AvgIpc) is 2.69. The van der Waals surface area contributed by atoms with Gasteiger partial charge in [0, 0.05) is 6.54 Å². The van der Waals surface area contributed by atoms with Gasteiger partial charge in [-0.15, -0.1) is 0 Å². The summed E-state index contributed by atoms with van der Waals surface area (Å²) in [6.07, 6.45) is 0. The molecule has 0 saturated carbocycles. The van der Waals surface area contributed by atoms with Crippen molar-refractivity contribution in [3.8, 4) is 0 Å². The standard InChI is InChI=1S/C16H16N2/c1-12-7-3-4-8-14(12)11-18-13(2)17-15-9-5-6-10-16(15)18/h3-10H,11H2,1-2H3. The zero-order chi connectivity index (χ0) is 12.5. The topological polar surface area (TPSA) is 17.8 Å². The molecule has 0 radical (unpaired) electrons. The summed E-state index contributed by atoms with van der Waals surface area (Å²) in [6.45, 7) is 5.11. The summed E-state index contributed by atoms with van der Waals surface area (Å²) in [5, 5.41) is 0. The Bertz CT molecular complexity index is 695. The molecule has 0 spiro atoms. The highest BCUT2D eigenvalue weighted by Crippen LogP contribution is 2.18. The van der Waals surface area contributed by atoms with Crippen molar-refractivity contribution in [2.45, 2.75) is 20.4 Å². The number of para-hydroxylation sites is 2. The van der Waals surface area contributed by atoms with Crippen LogP contribution in [-0.2, 0) is 6.54 Å². The summed E-state index contributed by atoms with van der Waals surface area (Å²) in [4.78, 5) is 4.60. The molecule has 2 nitrogen and oxygen atoms in total. The van der Waals surface area contributed by atoms with E-state index >= 15 is 0 Å². The molecular weight excluding hydrogens is 220 g/mol. The first-order chi connectivity index (χ1) is 8.75. The van der Waals surface area contributed by atoms with Gasteiger partial charge in [0.25, 0.3) is 0 Å². The number of aryl methyl sites for hydroxylation is 2. The van der Waals surface area contributed by atoms with Gasteiger partial charge < -0.3 is 4.57 Å². The normalized spacial score (nSPS) is 11.0. The van der Waals surface area contributed by atoms with Crippen molar-refractivity contribution in [1.29, 1.82) is 0 Å². The molecular formula is C16H16N2. The van der Waals surface area contributed by atoms with Gasteiger partial charge in [0.05, 0.1) is 11.0 Å². The van der Waals surface area contributed by atoms with E-state index in [1.165, 1.54) is 16.6 Å². The highest BCUT2D eigenvalue weighted by molar-refractivity contribution is 5.75. The van der Waals surface area contributed by atoms with Crippen LogP contribution in [0, 0.1) is 13.8 Å². The first-order valence-corrected chi connectivity index (χ1v) is 6.22. The van der Waals surface area contributed by atoms with E-state index in [0.29, 0.717) is 0 Å². The lowest BCUT2D eigenvalue weighted by Gasteiger charge is -2.09. The van der Waals surface area contributed by atoms with Crippen LogP contribution in [0.25, 0.3) is 11.0 Å². The Morgan fingerprint density at radius 2 is 1.67 bits per heavy atom. The van der Waals surface area contributed by atoms with Gasteiger partial charge in [-0.05, 0) is 37.1 Å². The van der Waals surface area contributed by atoms with Crippen LogP contribution in [0.4, 0.5) is 0 Å². The Hall–Kier alpha value is -2.09. The molecule has 90 valence electrons. The van der Waals surface area contributed by atoms with E-state index in [1.54, 1.807) is 0 Å². The van der Waals surface area contributed by atoms with Crippen LogP contribution in [0.2, 0.25) is 0 Å². The van der Waals surface area contributed by atoms with Gasteiger partial charge in [0.2, 0.25) is 0 Å². The fourth-order valence-electron chi connectivity index (χ4n) is 2.35. The first-order valence-electron chi connectivity index (χ1n) is 6.22. The van der Waals surface area contributed by atoms with Crippen molar-refractivity contribution < 1.29 is 0 Å². The number of nitrogens with zero attached hydrogens (tertiary/aromatic N) is 2. The zero-order valence-electron chi connectivity index (χ0n) is 10.7. The molecule has 1 aromatic heterocycles. The second-order valence-corrected chi connectivity index (χ2v) is 4.66. The van der Waals surface area contributed by atoms with Crippen LogP contribution in [0.15, 0.2) is 48.5 Å². The van der Waals surface area contributed by atoms with E-state index in [-0.39, 0.29) is 0 Å². The molecule has 0 atom stereocenters. The lowest BCUT2D eigenvalue weighted by atomic mass is 10.1. The van der Waals surface area contributed by atoms with Gasteiger partial charge in [0.15, 0.2) is 0 Å². The lowest BCUT2D eigenvalue weighted by molar-refractivity contribution is 0.781.